The molecule has 7 nitrogen and oxygen atoms in total. The SMILES string of the molecule is CCOc1ccccc1N(CC(=O)NC(C)c1ccc(N2CCCC2)cc1)S(=O)(=O)c1ccc(SC)cc1. The van der Waals surface area contributed by atoms with Crippen LogP contribution in [-0.2, 0) is 14.8 Å². The molecule has 1 saturated heterocycles. The van der Waals surface area contributed by atoms with E-state index in [1.165, 1.54) is 30.3 Å². The van der Waals surface area contributed by atoms with Crippen molar-refractivity contribution in [2.24, 2.45) is 0 Å². The van der Waals surface area contributed by atoms with Crippen LogP contribution in [0.3, 0.4) is 0 Å². The molecule has 9 heteroatoms. The quantitative estimate of drug-likeness (QED) is 0.317. The van der Waals surface area contributed by atoms with E-state index in [0.717, 1.165) is 27.9 Å². The zero-order valence-corrected chi connectivity index (χ0v) is 23.7. The Morgan fingerprint density at radius 3 is 2.32 bits per heavy atom. The Hall–Kier alpha value is -3.17. The van der Waals surface area contributed by atoms with E-state index in [0.29, 0.717) is 18.0 Å². The number of benzene rings is 3. The molecule has 0 bridgehead atoms. The molecule has 3 aromatic carbocycles. The predicted octanol–water partition coefficient (Wildman–Crippen LogP) is 5.48. The second-order valence-electron chi connectivity index (χ2n) is 9.16. The Morgan fingerprint density at radius 1 is 1.03 bits per heavy atom. The van der Waals surface area contributed by atoms with E-state index >= 15 is 0 Å². The Labute approximate surface area is 230 Å². The van der Waals surface area contributed by atoms with Crippen molar-refractivity contribution in [2.45, 2.75) is 42.5 Å². The molecule has 0 radical (unpaired) electrons. The number of nitrogens with one attached hydrogen (secondary N) is 1. The van der Waals surface area contributed by atoms with Gasteiger partial charge in [0.15, 0.2) is 0 Å². The van der Waals surface area contributed by atoms with E-state index in [2.05, 4.69) is 22.3 Å². The van der Waals surface area contributed by atoms with E-state index in [1.807, 2.05) is 32.2 Å². The standard InChI is InChI=1S/C29H35N3O4S2/c1-4-36-28-10-6-5-9-27(28)32(38(34,35)26-17-15-25(37-3)16-18-26)21-29(33)30-22(2)23-11-13-24(14-12-23)31-19-7-8-20-31/h5-6,9-18,22H,4,7-8,19-21H2,1-3H3,(H,30,33). The van der Waals surface area contributed by atoms with Crippen LogP contribution in [0.25, 0.3) is 0 Å². The van der Waals surface area contributed by atoms with Gasteiger partial charge in [-0.3, -0.25) is 9.10 Å². The summed E-state index contributed by atoms with van der Waals surface area (Å²) in [7, 11) is -4.05. The second kappa shape index (κ2) is 12.6. The molecule has 0 aliphatic carbocycles. The summed E-state index contributed by atoms with van der Waals surface area (Å²) in [4.78, 5) is 16.7. The van der Waals surface area contributed by atoms with Crippen LogP contribution in [0.4, 0.5) is 11.4 Å². The molecule has 3 aromatic rings. The van der Waals surface area contributed by atoms with E-state index in [9.17, 15) is 13.2 Å². The third kappa shape index (κ3) is 6.45. The first-order chi connectivity index (χ1) is 18.3. The molecule has 4 rings (SSSR count). The molecule has 1 N–H and O–H groups in total. The Balaban J connectivity index is 1.57. The predicted molar refractivity (Wildman–Crippen MR) is 155 cm³/mol. The Morgan fingerprint density at radius 2 is 1.68 bits per heavy atom. The van der Waals surface area contributed by atoms with Crippen molar-refractivity contribution in [1.82, 2.24) is 5.32 Å². The minimum Gasteiger partial charge on any atom is -0.492 e. The maximum absolute atomic E-state index is 13.8. The number of sulfonamides is 1. The Bertz CT molecular complexity index is 1320. The monoisotopic (exact) mass is 553 g/mol. The molecule has 0 spiro atoms. The van der Waals surface area contributed by atoms with Crippen LogP contribution in [0.15, 0.2) is 82.6 Å². The summed E-state index contributed by atoms with van der Waals surface area (Å²) in [5, 5.41) is 2.98. The summed E-state index contributed by atoms with van der Waals surface area (Å²) < 4.78 is 34.5. The average Bonchev–Trinajstić information content (AvgIpc) is 3.48. The minimum atomic E-state index is -4.05. The van der Waals surface area contributed by atoms with Crippen LogP contribution >= 0.6 is 11.8 Å². The number of amides is 1. The third-order valence-electron chi connectivity index (χ3n) is 6.61. The topological polar surface area (TPSA) is 79.0 Å². The lowest BCUT2D eigenvalue weighted by molar-refractivity contribution is -0.120. The fourth-order valence-corrected chi connectivity index (χ4v) is 6.41. The number of hydrogen-bond acceptors (Lipinski definition) is 6. The fourth-order valence-electron chi connectivity index (χ4n) is 4.57. The van der Waals surface area contributed by atoms with Crippen molar-refractivity contribution in [1.29, 1.82) is 0 Å². The second-order valence-corrected chi connectivity index (χ2v) is 11.9. The number of thioether (sulfide) groups is 1. The van der Waals surface area contributed by atoms with Gasteiger partial charge in [-0.2, -0.15) is 0 Å². The smallest absolute Gasteiger partial charge is 0.264 e. The molecule has 1 heterocycles. The minimum absolute atomic E-state index is 0.111. The molecule has 1 aliphatic heterocycles. The number of anilines is 2. The lowest BCUT2D eigenvalue weighted by Gasteiger charge is -2.27. The Kier molecular flexibility index (Phi) is 9.22. The van der Waals surface area contributed by atoms with Gasteiger partial charge in [0.2, 0.25) is 5.91 Å². The molecule has 0 saturated carbocycles. The van der Waals surface area contributed by atoms with Crippen LogP contribution in [0.1, 0.15) is 38.3 Å². The number of hydrogen-bond donors (Lipinski definition) is 1. The third-order valence-corrected chi connectivity index (χ3v) is 9.13. The first kappa shape index (κ1) is 27.9. The van der Waals surface area contributed by atoms with Crippen molar-refractivity contribution in [2.75, 3.05) is 41.7 Å². The molecule has 1 amide bonds. The number of rotatable bonds is 11. The average molecular weight is 554 g/mol. The summed E-state index contributed by atoms with van der Waals surface area (Å²) in [6.07, 6.45) is 4.35. The molecule has 38 heavy (non-hydrogen) atoms. The van der Waals surface area contributed by atoms with Crippen molar-refractivity contribution >= 4 is 39.1 Å². The van der Waals surface area contributed by atoms with Crippen LogP contribution in [0.2, 0.25) is 0 Å². The van der Waals surface area contributed by atoms with Crippen molar-refractivity contribution in [3.8, 4) is 5.75 Å². The summed E-state index contributed by atoms with van der Waals surface area (Å²) in [5.74, 6) is -0.00520. The highest BCUT2D eigenvalue weighted by Gasteiger charge is 2.30. The van der Waals surface area contributed by atoms with Crippen LogP contribution in [0, 0.1) is 0 Å². The zero-order chi connectivity index (χ0) is 27.1. The van der Waals surface area contributed by atoms with Crippen LogP contribution < -0.4 is 19.3 Å². The van der Waals surface area contributed by atoms with Crippen molar-refractivity contribution < 1.29 is 17.9 Å². The van der Waals surface area contributed by atoms with Crippen molar-refractivity contribution in [3.63, 3.8) is 0 Å². The number of carbonyl (C=O) groups is 1. The first-order valence-electron chi connectivity index (χ1n) is 12.9. The number of nitrogens with zero attached hydrogens (tertiary/aromatic N) is 2. The maximum Gasteiger partial charge on any atom is 0.264 e. The summed E-state index contributed by atoms with van der Waals surface area (Å²) in [5.41, 5.74) is 2.46. The maximum atomic E-state index is 13.8. The van der Waals surface area contributed by atoms with Gasteiger partial charge in [-0.05, 0) is 87.0 Å². The summed E-state index contributed by atoms with van der Waals surface area (Å²) >= 11 is 1.53. The molecular weight excluding hydrogens is 518 g/mol. The molecule has 1 unspecified atom stereocenters. The lowest BCUT2D eigenvalue weighted by Crippen LogP contribution is -2.41. The van der Waals surface area contributed by atoms with E-state index in [4.69, 9.17) is 4.74 Å². The molecular formula is C29H35N3O4S2. The number of para-hydroxylation sites is 2. The van der Waals surface area contributed by atoms with Crippen LogP contribution in [0.5, 0.6) is 5.75 Å². The summed E-state index contributed by atoms with van der Waals surface area (Å²) in [6.45, 7) is 5.85. The summed E-state index contributed by atoms with van der Waals surface area (Å²) in [6, 6.07) is 21.5. The van der Waals surface area contributed by atoms with Gasteiger partial charge in [0.25, 0.3) is 10.0 Å². The largest absolute Gasteiger partial charge is 0.492 e. The molecule has 1 aliphatic rings. The van der Waals surface area contributed by atoms with E-state index < -0.39 is 15.9 Å². The lowest BCUT2D eigenvalue weighted by atomic mass is 10.1. The van der Waals surface area contributed by atoms with Gasteiger partial charge in [0.1, 0.15) is 12.3 Å². The van der Waals surface area contributed by atoms with Gasteiger partial charge in [-0.15, -0.1) is 11.8 Å². The van der Waals surface area contributed by atoms with Crippen LogP contribution in [-0.4, -0.2) is 46.8 Å². The highest BCUT2D eigenvalue weighted by Crippen LogP contribution is 2.33. The molecule has 1 atom stereocenters. The highest BCUT2D eigenvalue weighted by atomic mass is 32.2. The van der Waals surface area contributed by atoms with Gasteiger partial charge in [0.05, 0.1) is 23.2 Å². The zero-order valence-electron chi connectivity index (χ0n) is 22.1. The molecule has 202 valence electrons. The van der Waals surface area contributed by atoms with Gasteiger partial charge in [-0.1, -0.05) is 24.3 Å². The van der Waals surface area contributed by atoms with E-state index in [-0.39, 0.29) is 17.5 Å². The molecule has 1 fully saturated rings. The van der Waals surface area contributed by atoms with Gasteiger partial charge in [0, 0.05) is 23.7 Å². The normalized spacial score (nSPS) is 14.2. The highest BCUT2D eigenvalue weighted by molar-refractivity contribution is 7.98. The van der Waals surface area contributed by atoms with Gasteiger partial charge >= 0.3 is 0 Å². The van der Waals surface area contributed by atoms with Gasteiger partial charge in [-0.25, -0.2) is 8.42 Å². The number of carbonyl (C=O) groups excluding carboxylic acids is 1. The fraction of sp³-hybridized carbons (Fsp3) is 0.345. The van der Waals surface area contributed by atoms with Crippen molar-refractivity contribution in [3.05, 3.63) is 78.4 Å². The van der Waals surface area contributed by atoms with Gasteiger partial charge < -0.3 is 15.0 Å². The van der Waals surface area contributed by atoms with E-state index in [1.54, 1.807) is 48.5 Å². The number of ether oxygens (including phenoxy) is 1. The molecule has 0 aromatic heterocycles. The first-order valence-corrected chi connectivity index (χ1v) is 15.5.